The van der Waals surface area contributed by atoms with Gasteiger partial charge in [-0.2, -0.15) is 0 Å². The summed E-state index contributed by atoms with van der Waals surface area (Å²) >= 11 is 2.95. The number of carboxylic acids is 2. The molecule has 11 nitrogen and oxygen atoms in total. The topological polar surface area (TPSA) is 155 Å². The van der Waals surface area contributed by atoms with Gasteiger partial charge < -0.3 is 33.9 Å². The molecule has 0 amide bonds. The van der Waals surface area contributed by atoms with Crippen LogP contribution in [0, 0.1) is 0 Å². The number of carboxylic acid groups (broad SMARTS) is 2. The zero-order chi connectivity index (χ0) is 36.3. The van der Waals surface area contributed by atoms with Crippen LogP contribution < -0.4 is 14.2 Å². The number of hydrogen-bond acceptors (Lipinski definition) is 11. The summed E-state index contributed by atoms with van der Waals surface area (Å²) in [6.07, 6.45) is 1.85. The van der Waals surface area contributed by atoms with Crippen molar-refractivity contribution < 1.29 is 53.1 Å². The lowest BCUT2D eigenvalue weighted by Gasteiger charge is -2.18. The van der Waals surface area contributed by atoms with Gasteiger partial charge in [-0.05, 0) is 72.8 Å². The normalized spacial score (nSPS) is 12.2. The van der Waals surface area contributed by atoms with Gasteiger partial charge in [0.2, 0.25) is 0 Å². The van der Waals surface area contributed by atoms with Crippen molar-refractivity contribution >= 4 is 47.4 Å². The van der Waals surface area contributed by atoms with Crippen LogP contribution in [0.15, 0.2) is 143 Å². The molecule has 0 fully saturated rings. The fourth-order valence-electron chi connectivity index (χ4n) is 4.05. The van der Waals surface area contributed by atoms with E-state index in [2.05, 4.69) is 0 Å². The van der Waals surface area contributed by atoms with Crippen molar-refractivity contribution in [3.63, 3.8) is 0 Å². The molecule has 0 bridgehead atoms. The smallest absolute Gasteiger partial charge is 0.331 e. The van der Waals surface area contributed by atoms with Gasteiger partial charge in [0.05, 0.1) is 0 Å². The van der Waals surface area contributed by atoms with Crippen molar-refractivity contribution in [2.45, 2.75) is 22.0 Å². The first-order chi connectivity index (χ1) is 24.7. The van der Waals surface area contributed by atoms with Crippen LogP contribution in [0.4, 0.5) is 0 Å². The number of benzene rings is 4. The quantitative estimate of drug-likeness (QED) is 0.0549. The number of carbonyl (C=O) groups excluding carboxylic acids is 2. The summed E-state index contributed by atoms with van der Waals surface area (Å²) in [5.41, 5.74) is 0. The lowest BCUT2D eigenvalue weighted by Crippen LogP contribution is -2.27. The minimum absolute atomic E-state index is 0.0399. The van der Waals surface area contributed by atoms with Crippen molar-refractivity contribution in [1.29, 1.82) is 0 Å². The van der Waals surface area contributed by atoms with Crippen LogP contribution in [-0.4, -0.2) is 71.0 Å². The Morgan fingerprint density at radius 2 is 0.863 bits per heavy atom. The van der Waals surface area contributed by atoms with Crippen LogP contribution >= 0.6 is 23.5 Å². The lowest BCUT2D eigenvalue weighted by molar-refractivity contribution is -0.144. The molecule has 0 saturated heterocycles. The molecule has 2 N–H and O–H groups in total. The molecule has 2 atom stereocenters. The first kappa shape index (κ1) is 38.1. The van der Waals surface area contributed by atoms with Gasteiger partial charge in [-0.1, -0.05) is 36.4 Å². The second-order valence-corrected chi connectivity index (χ2v) is 12.6. The van der Waals surface area contributed by atoms with E-state index in [9.17, 15) is 19.2 Å². The van der Waals surface area contributed by atoms with Crippen LogP contribution in [0.5, 0.6) is 23.0 Å². The molecule has 0 spiro atoms. The van der Waals surface area contributed by atoms with Gasteiger partial charge in [-0.3, -0.25) is 0 Å². The maximum atomic E-state index is 12.1. The number of thioether (sulfide) groups is 2. The second-order valence-electron chi connectivity index (χ2n) is 10.4. The predicted octanol–water partition coefficient (Wildman–Crippen LogP) is 6.93. The molecule has 0 radical (unpaired) electrons. The molecule has 4 aromatic rings. The highest BCUT2D eigenvalue weighted by Gasteiger charge is 2.17. The Labute approximate surface area is 302 Å². The number of esters is 2. The third-order valence-corrected chi connectivity index (χ3v) is 8.69. The van der Waals surface area contributed by atoms with Crippen molar-refractivity contribution in [2.75, 3.05) is 24.7 Å². The fraction of sp³-hybridized carbons (Fsp3) is 0.158. The van der Waals surface area contributed by atoms with E-state index in [1.165, 1.54) is 23.5 Å². The molecule has 0 aromatic heterocycles. The summed E-state index contributed by atoms with van der Waals surface area (Å²) < 4.78 is 28.6. The van der Waals surface area contributed by atoms with E-state index in [4.69, 9.17) is 33.9 Å². The minimum atomic E-state index is -1.25. The third kappa shape index (κ3) is 15.2. The average Bonchev–Trinajstić information content (AvgIpc) is 3.14. The SMILES string of the molecule is O=C(O)C=CC(=O)OC(COc1ccc(Oc2ccc(OCC(CSc3ccccc3)OC(=O)C=CC(=O)O)cc2)cc1)CSc1ccccc1. The van der Waals surface area contributed by atoms with Crippen LogP contribution in [0.1, 0.15) is 0 Å². The number of hydrogen-bond donors (Lipinski definition) is 2. The molecule has 0 aliphatic heterocycles. The van der Waals surface area contributed by atoms with Crippen LogP contribution in [0.25, 0.3) is 0 Å². The first-order valence-electron chi connectivity index (χ1n) is 15.4. The van der Waals surface area contributed by atoms with E-state index in [0.717, 1.165) is 34.1 Å². The Hall–Kier alpha value is -5.66. The maximum absolute atomic E-state index is 12.1. The molecular formula is C38H34O11S2. The van der Waals surface area contributed by atoms with Crippen LogP contribution in [-0.2, 0) is 28.7 Å². The molecule has 264 valence electrons. The number of ether oxygens (including phenoxy) is 5. The monoisotopic (exact) mass is 730 g/mol. The van der Waals surface area contributed by atoms with Gasteiger partial charge in [0, 0.05) is 45.6 Å². The Kier molecular flexibility index (Phi) is 15.5. The van der Waals surface area contributed by atoms with Gasteiger partial charge >= 0.3 is 23.9 Å². The Morgan fingerprint density at radius 1 is 0.510 bits per heavy atom. The van der Waals surface area contributed by atoms with E-state index in [1.54, 1.807) is 48.5 Å². The average molecular weight is 731 g/mol. The van der Waals surface area contributed by atoms with Gasteiger partial charge in [0.1, 0.15) is 48.4 Å². The molecule has 13 heteroatoms. The molecule has 4 aromatic carbocycles. The summed E-state index contributed by atoms with van der Waals surface area (Å²) in [5, 5.41) is 17.6. The highest BCUT2D eigenvalue weighted by Crippen LogP contribution is 2.27. The summed E-state index contributed by atoms with van der Waals surface area (Å²) in [6, 6.07) is 32.9. The fourth-order valence-corrected chi connectivity index (χ4v) is 5.84. The van der Waals surface area contributed by atoms with Crippen molar-refractivity contribution in [3.8, 4) is 23.0 Å². The molecule has 0 aliphatic carbocycles. The van der Waals surface area contributed by atoms with E-state index < -0.39 is 36.1 Å². The zero-order valence-corrected chi connectivity index (χ0v) is 28.7. The van der Waals surface area contributed by atoms with E-state index in [1.807, 2.05) is 60.7 Å². The predicted molar refractivity (Wildman–Crippen MR) is 192 cm³/mol. The lowest BCUT2D eigenvalue weighted by atomic mass is 10.3. The maximum Gasteiger partial charge on any atom is 0.331 e. The van der Waals surface area contributed by atoms with E-state index >= 15 is 0 Å². The Balaban J connectivity index is 1.28. The van der Waals surface area contributed by atoms with Crippen molar-refractivity contribution in [1.82, 2.24) is 0 Å². The van der Waals surface area contributed by atoms with Crippen molar-refractivity contribution in [2.24, 2.45) is 0 Å². The molecule has 2 unspecified atom stereocenters. The number of carbonyl (C=O) groups is 4. The third-order valence-electron chi connectivity index (χ3n) is 6.40. The Bertz CT molecular complexity index is 1630. The number of rotatable bonds is 20. The second kappa shape index (κ2) is 20.8. The molecule has 4 rings (SSSR count). The molecular weight excluding hydrogens is 697 g/mol. The largest absolute Gasteiger partial charge is 0.490 e. The summed E-state index contributed by atoms with van der Waals surface area (Å²) in [5.74, 6) is -1.19. The molecule has 0 heterocycles. The highest BCUT2D eigenvalue weighted by atomic mass is 32.2. The van der Waals surface area contributed by atoms with Gasteiger partial charge in [0.15, 0.2) is 0 Å². The zero-order valence-electron chi connectivity index (χ0n) is 27.1. The summed E-state index contributed by atoms with van der Waals surface area (Å²) in [7, 11) is 0. The minimum Gasteiger partial charge on any atom is -0.490 e. The van der Waals surface area contributed by atoms with E-state index in [-0.39, 0.29) is 13.2 Å². The Morgan fingerprint density at radius 3 is 1.22 bits per heavy atom. The standard InChI is InChI=1S/C38H34O11S2/c39-35(40)19-21-37(43)48-31(25-50-33-7-3-1-4-8-33)23-45-27-11-15-29(16-12-27)47-30-17-13-28(14-18-30)46-24-32(49-38(44)22-20-36(41)42)26-51-34-9-5-2-6-10-34/h1-22,31-32H,23-26H2,(H,39,40)(H,41,42). The number of aliphatic carboxylic acids is 2. The van der Waals surface area contributed by atoms with Crippen LogP contribution in [0.2, 0.25) is 0 Å². The molecule has 51 heavy (non-hydrogen) atoms. The van der Waals surface area contributed by atoms with Crippen molar-refractivity contribution in [3.05, 3.63) is 133 Å². The summed E-state index contributed by atoms with van der Waals surface area (Å²) in [6.45, 7) is 0.0797. The first-order valence-corrected chi connectivity index (χ1v) is 17.4. The molecule has 0 aliphatic rings. The van der Waals surface area contributed by atoms with Gasteiger partial charge in [-0.15, -0.1) is 23.5 Å². The summed E-state index contributed by atoms with van der Waals surface area (Å²) in [4.78, 5) is 47.8. The molecule has 0 saturated carbocycles. The highest BCUT2D eigenvalue weighted by molar-refractivity contribution is 7.99. The van der Waals surface area contributed by atoms with Crippen LogP contribution in [0.3, 0.4) is 0 Å². The van der Waals surface area contributed by atoms with Gasteiger partial charge in [-0.25, -0.2) is 19.2 Å². The van der Waals surface area contributed by atoms with E-state index in [0.29, 0.717) is 34.5 Å². The van der Waals surface area contributed by atoms with Gasteiger partial charge in [0.25, 0.3) is 0 Å².